The third kappa shape index (κ3) is 2.82. The van der Waals surface area contributed by atoms with Crippen LogP contribution in [-0.2, 0) is 0 Å². The minimum absolute atomic E-state index is 0.648. The Morgan fingerprint density at radius 1 is 1.31 bits per heavy atom. The maximum absolute atomic E-state index is 12.5. The van der Waals surface area contributed by atoms with Crippen LogP contribution in [0.3, 0.4) is 0 Å². The molecule has 0 bridgehead atoms. The average molecular weight is 188 g/mol. The van der Waals surface area contributed by atoms with Crippen LogP contribution in [-0.4, -0.2) is 11.1 Å². The van der Waals surface area contributed by atoms with Gasteiger partial charge in [0.05, 0.1) is 5.56 Å². The van der Waals surface area contributed by atoms with Crippen LogP contribution >= 0.6 is 0 Å². The highest BCUT2D eigenvalue weighted by Crippen LogP contribution is 2.10. The summed E-state index contributed by atoms with van der Waals surface area (Å²) in [5, 5.41) is 8.28. The zero-order valence-corrected chi connectivity index (χ0v) is 7.34. The van der Waals surface area contributed by atoms with Gasteiger partial charge in [0.1, 0.15) is 0 Å². The zero-order valence-electron chi connectivity index (χ0n) is 7.34. The minimum atomic E-state index is -1.47. The van der Waals surface area contributed by atoms with Gasteiger partial charge in [0.25, 0.3) is 0 Å². The standard InChI is InChI=1S/C7H4F2O2.C2H6/c8-5-3-1-2-4(6(5)9)7(10)11;1-2/h1-3H,(H,10,11);1-2H3. The summed E-state index contributed by atoms with van der Waals surface area (Å²) in [7, 11) is 0. The van der Waals surface area contributed by atoms with Crippen molar-refractivity contribution in [2.75, 3.05) is 0 Å². The molecule has 0 fully saturated rings. The Hall–Kier alpha value is -1.45. The molecular formula is C9H10F2O2. The predicted molar refractivity (Wildman–Crippen MR) is 44.7 cm³/mol. The zero-order chi connectivity index (χ0) is 10.4. The molecule has 72 valence electrons. The highest BCUT2D eigenvalue weighted by molar-refractivity contribution is 5.87. The smallest absolute Gasteiger partial charge is 0.338 e. The molecule has 2 nitrogen and oxygen atoms in total. The summed E-state index contributed by atoms with van der Waals surface area (Å²) < 4.78 is 24.8. The van der Waals surface area contributed by atoms with Crippen LogP contribution in [0.25, 0.3) is 0 Å². The second kappa shape index (κ2) is 5.24. The first-order valence-corrected chi connectivity index (χ1v) is 3.80. The van der Waals surface area contributed by atoms with Crippen molar-refractivity contribution in [3.8, 4) is 0 Å². The maximum atomic E-state index is 12.5. The van der Waals surface area contributed by atoms with Crippen LogP contribution in [0.2, 0.25) is 0 Å². The van der Waals surface area contributed by atoms with E-state index < -0.39 is 23.2 Å². The quantitative estimate of drug-likeness (QED) is 0.735. The van der Waals surface area contributed by atoms with Gasteiger partial charge < -0.3 is 5.11 Å². The largest absolute Gasteiger partial charge is 0.478 e. The lowest BCUT2D eigenvalue weighted by Crippen LogP contribution is -2.01. The first kappa shape index (κ1) is 11.5. The topological polar surface area (TPSA) is 37.3 Å². The second-order valence-corrected chi connectivity index (χ2v) is 1.91. The molecule has 4 heteroatoms. The predicted octanol–water partition coefficient (Wildman–Crippen LogP) is 2.69. The molecule has 1 aromatic rings. The summed E-state index contributed by atoms with van der Waals surface area (Å²) in [5.41, 5.74) is -0.648. The van der Waals surface area contributed by atoms with Crippen molar-refractivity contribution < 1.29 is 18.7 Å². The summed E-state index contributed by atoms with van der Waals surface area (Å²) in [6.07, 6.45) is 0. The molecule has 1 rings (SSSR count). The number of carboxylic acids is 1. The van der Waals surface area contributed by atoms with E-state index in [0.717, 1.165) is 18.2 Å². The molecule has 13 heavy (non-hydrogen) atoms. The van der Waals surface area contributed by atoms with E-state index in [1.807, 2.05) is 13.8 Å². The summed E-state index contributed by atoms with van der Waals surface area (Å²) >= 11 is 0. The molecule has 1 aromatic carbocycles. The van der Waals surface area contributed by atoms with E-state index >= 15 is 0 Å². The van der Waals surface area contributed by atoms with Crippen LogP contribution in [0.4, 0.5) is 8.78 Å². The number of halogens is 2. The highest BCUT2D eigenvalue weighted by Gasteiger charge is 2.12. The van der Waals surface area contributed by atoms with Gasteiger partial charge in [0.2, 0.25) is 0 Å². The van der Waals surface area contributed by atoms with E-state index in [2.05, 4.69) is 0 Å². The van der Waals surface area contributed by atoms with Gasteiger partial charge in [-0.25, -0.2) is 13.6 Å². The van der Waals surface area contributed by atoms with Crippen molar-refractivity contribution in [1.82, 2.24) is 0 Å². The van der Waals surface area contributed by atoms with E-state index in [1.54, 1.807) is 0 Å². The van der Waals surface area contributed by atoms with Crippen molar-refractivity contribution in [2.24, 2.45) is 0 Å². The molecule has 0 saturated carbocycles. The van der Waals surface area contributed by atoms with E-state index in [0.29, 0.717) is 0 Å². The van der Waals surface area contributed by atoms with E-state index in [1.165, 1.54) is 0 Å². The van der Waals surface area contributed by atoms with Gasteiger partial charge in [0, 0.05) is 0 Å². The van der Waals surface area contributed by atoms with Gasteiger partial charge in [0.15, 0.2) is 11.6 Å². The molecule has 0 aliphatic rings. The number of carbonyl (C=O) groups is 1. The van der Waals surface area contributed by atoms with Crippen LogP contribution in [0.5, 0.6) is 0 Å². The Labute approximate surface area is 74.8 Å². The molecule has 0 spiro atoms. The normalized spacial score (nSPS) is 8.62. The van der Waals surface area contributed by atoms with Crippen LogP contribution in [0, 0.1) is 11.6 Å². The molecule has 0 saturated heterocycles. The molecule has 1 N–H and O–H groups in total. The Kier molecular flexibility index (Phi) is 4.66. The Morgan fingerprint density at radius 2 is 1.85 bits per heavy atom. The lowest BCUT2D eigenvalue weighted by atomic mass is 10.2. The summed E-state index contributed by atoms with van der Waals surface area (Å²) in [5.74, 6) is -3.94. The fraction of sp³-hybridized carbons (Fsp3) is 0.222. The second-order valence-electron chi connectivity index (χ2n) is 1.91. The van der Waals surface area contributed by atoms with Gasteiger partial charge in [-0.05, 0) is 12.1 Å². The maximum Gasteiger partial charge on any atom is 0.338 e. The SMILES string of the molecule is CC.O=C(O)c1cccc(F)c1F. The first-order valence-electron chi connectivity index (χ1n) is 3.80. The third-order valence-corrected chi connectivity index (χ3v) is 1.18. The molecule has 0 heterocycles. The van der Waals surface area contributed by atoms with E-state index in [9.17, 15) is 13.6 Å². The number of hydrogen-bond acceptors (Lipinski definition) is 1. The van der Waals surface area contributed by atoms with Gasteiger partial charge in [-0.1, -0.05) is 19.9 Å². The molecule has 0 unspecified atom stereocenters. The van der Waals surface area contributed by atoms with Crippen LogP contribution in [0.1, 0.15) is 24.2 Å². The van der Waals surface area contributed by atoms with Crippen LogP contribution < -0.4 is 0 Å². The molecular weight excluding hydrogens is 178 g/mol. The number of benzene rings is 1. The molecule has 0 amide bonds. The lowest BCUT2D eigenvalue weighted by molar-refractivity contribution is 0.0690. The van der Waals surface area contributed by atoms with Crippen LogP contribution in [0.15, 0.2) is 18.2 Å². The van der Waals surface area contributed by atoms with Crippen molar-refractivity contribution in [3.63, 3.8) is 0 Å². The monoisotopic (exact) mass is 188 g/mol. The molecule has 0 radical (unpaired) electrons. The molecule has 0 aliphatic carbocycles. The number of aromatic carboxylic acids is 1. The molecule has 0 aromatic heterocycles. The van der Waals surface area contributed by atoms with Crippen molar-refractivity contribution in [2.45, 2.75) is 13.8 Å². The summed E-state index contributed by atoms with van der Waals surface area (Å²) in [6, 6.07) is 3.00. The lowest BCUT2D eigenvalue weighted by Gasteiger charge is -1.95. The number of rotatable bonds is 1. The Balaban J connectivity index is 0.000000671. The van der Waals surface area contributed by atoms with E-state index in [4.69, 9.17) is 5.11 Å². The van der Waals surface area contributed by atoms with Gasteiger partial charge in [-0.3, -0.25) is 0 Å². The first-order chi connectivity index (χ1) is 6.13. The van der Waals surface area contributed by atoms with Gasteiger partial charge in [-0.2, -0.15) is 0 Å². The minimum Gasteiger partial charge on any atom is -0.478 e. The fourth-order valence-electron chi connectivity index (χ4n) is 0.669. The Bertz CT molecular complexity index is 298. The Morgan fingerprint density at radius 3 is 2.23 bits per heavy atom. The highest BCUT2D eigenvalue weighted by atomic mass is 19.2. The summed E-state index contributed by atoms with van der Waals surface area (Å²) in [6.45, 7) is 4.00. The molecule has 0 aliphatic heterocycles. The number of hydrogen-bond donors (Lipinski definition) is 1. The van der Waals surface area contributed by atoms with Crippen molar-refractivity contribution in [1.29, 1.82) is 0 Å². The summed E-state index contributed by atoms with van der Waals surface area (Å²) in [4.78, 5) is 10.2. The molecule has 0 atom stereocenters. The van der Waals surface area contributed by atoms with Gasteiger partial charge in [-0.15, -0.1) is 0 Å². The third-order valence-electron chi connectivity index (χ3n) is 1.18. The van der Waals surface area contributed by atoms with Crippen molar-refractivity contribution >= 4 is 5.97 Å². The van der Waals surface area contributed by atoms with Crippen molar-refractivity contribution in [3.05, 3.63) is 35.4 Å². The number of carboxylic acid groups (broad SMARTS) is 1. The average Bonchev–Trinajstić information content (AvgIpc) is 2.13. The van der Waals surface area contributed by atoms with E-state index in [-0.39, 0.29) is 0 Å². The fourth-order valence-corrected chi connectivity index (χ4v) is 0.669. The van der Waals surface area contributed by atoms with Gasteiger partial charge >= 0.3 is 5.97 Å².